The Morgan fingerprint density at radius 3 is 2.40 bits per heavy atom. The number of primary sulfonamides is 1. The molecule has 4 nitrogen and oxygen atoms in total. The van der Waals surface area contributed by atoms with E-state index in [4.69, 9.17) is 5.14 Å². The molecule has 1 aromatic rings. The zero-order chi connectivity index (χ0) is 14.4. The van der Waals surface area contributed by atoms with Crippen LogP contribution in [-0.4, -0.2) is 20.7 Å². The Morgan fingerprint density at radius 1 is 1.15 bits per heavy atom. The fourth-order valence-electron chi connectivity index (χ4n) is 3.04. The molecule has 0 saturated heterocycles. The third-order valence-corrected chi connectivity index (χ3v) is 4.80. The second-order valence-electron chi connectivity index (χ2n) is 5.61. The molecule has 0 radical (unpaired) electrons. The minimum absolute atomic E-state index is 0.0109. The first kappa shape index (κ1) is 15.5. The molecular formula is C15H24N2O2S. The van der Waals surface area contributed by atoms with Crippen LogP contribution in [-0.2, 0) is 10.0 Å². The van der Waals surface area contributed by atoms with Gasteiger partial charge in [-0.15, -0.1) is 0 Å². The minimum Gasteiger partial charge on any atom is -0.309 e. The molecule has 0 aromatic heterocycles. The Hall–Kier alpha value is -0.910. The second-order valence-corrected chi connectivity index (χ2v) is 7.34. The van der Waals surface area contributed by atoms with Crippen molar-refractivity contribution < 1.29 is 8.42 Å². The quantitative estimate of drug-likeness (QED) is 0.845. The summed E-state index contributed by atoms with van der Waals surface area (Å²) in [5.41, 5.74) is 1.24. The van der Waals surface area contributed by atoms with Gasteiger partial charge in [0, 0.05) is 12.6 Å². The second kappa shape index (κ2) is 7.20. The zero-order valence-corrected chi connectivity index (χ0v) is 12.6. The fourth-order valence-corrected chi connectivity index (χ4v) is 3.44. The fraction of sp³-hybridized carbons (Fsp3) is 0.600. The number of benzene rings is 1. The lowest BCUT2D eigenvalue weighted by atomic mass is 9.81. The predicted octanol–water partition coefficient (Wildman–Crippen LogP) is 2.19. The third-order valence-electron chi connectivity index (χ3n) is 4.03. The maximum Gasteiger partial charge on any atom is 0.210 e. The summed E-state index contributed by atoms with van der Waals surface area (Å²) >= 11 is 0. The van der Waals surface area contributed by atoms with Crippen molar-refractivity contribution in [2.45, 2.75) is 38.1 Å². The van der Waals surface area contributed by atoms with E-state index in [1.807, 2.05) is 18.2 Å². The third kappa shape index (κ3) is 4.89. The van der Waals surface area contributed by atoms with E-state index in [2.05, 4.69) is 17.4 Å². The van der Waals surface area contributed by atoms with Crippen LogP contribution >= 0.6 is 0 Å². The van der Waals surface area contributed by atoms with Crippen LogP contribution in [0.25, 0.3) is 0 Å². The number of hydrogen-bond donors (Lipinski definition) is 2. The van der Waals surface area contributed by atoms with Gasteiger partial charge in [0.2, 0.25) is 10.0 Å². The summed E-state index contributed by atoms with van der Waals surface area (Å²) in [6.07, 6.45) is 6.27. The van der Waals surface area contributed by atoms with Gasteiger partial charge in [0.25, 0.3) is 0 Å². The van der Waals surface area contributed by atoms with Crippen molar-refractivity contribution in [1.82, 2.24) is 5.32 Å². The lowest BCUT2D eigenvalue weighted by Crippen LogP contribution is -2.34. The summed E-state index contributed by atoms with van der Waals surface area (Å²) in [4.78, 5) is 0. The van der Waals surface area contributed by atoms with Crippen molar-refractivity contribution in [2.24, 2.45) is 11.1 Å². The average Bonchev–Trinajstić information content (AvgIpc) is 2.44. The maximum atomic E-state index is 11.1. The summed E-state index contributed by atoms with van der Waals surface area (Å²) in [5.74, 6) is 0.579. The maximum absolute atomic E-state index is 11.1. The van der Waals surface area contributed by atoms with E-state index in [1.165, 1.54) is 37.7 Å². The van der Waals surface area contributed by atoms with Crippen LogP contribution in [0.5, 0.6) is 0 Å². The summed E-state index contributed by atoms with van der Waals surface area (Å²) in [5, 5.41) is 8.47. The normalized spacial score (nSPS) is 18.9. The Morgan fingerprint density at radius 2 is 1.80 bits per heavy atom. The van der Waals surface area contributed by atoms with Crippen LogP contribution in [0.15, 0.2) is 30.3 Å². The highest BCUT2D eigenvalue weighted by Crippen LogP contribution is 2.34. The van der Waals surface area contributed by atoms with E-state index in [0.717, 1.165) is 0 Å². The van der Waals surface area contributed by atoms with Crippen molar-refractivity contribution in [3.63, 3.8) is 0 Å². The van der Waals surface area contributed by atoms with Gasteiger partial charge in [0.15, 0.2) is 0 Å². The Bertz CT molecular complexity index is 496. The zero-order valence-electron chi connectivity index (χ0n) is 11.8. The molecule has 20 heavy (non-hydrogen) atoms. The summed E-state index contributed by atoms with van der Waals surface area (Å²) in [6, 6.07) is 10.5. The van der Waals surface area contributed by atoms with Crippen LogP contribution in [0.2, 0.25) is 0 Å². The molecule has 0 heterocycles. The van der Waals surface area contributed by atoms with Gasteiger partial charge in [0.05, 0.1) is 5.75 Å². The first-order valence-corrected chi connectivity index (χ1v) is 9.06. The monoisotopic (exact) mass is 296 g/mol. The lowest BCUT2D eigenvalue weighted by Gasteiger charge is -2.31. The first-order chi connectivity index (χ1) is 9.56. The summed E-state index contributed by atoms with van der Waals surface area (Å²) in [7, 11) is -3.40. The number of nitrogens with one attached hydrogen (secondary N) is 1. The number of rotatable bonds is 6. The Kier molecular flexibility index (Phi) is 5.57. The van der Waals surface area contributed by atoms with Crippen molar-refractivity contribution >= 4 is 10.0 Å². The van der Waals surface area contributed by atoms with Gasteiger partial charge < -0.3 is 5.32 Å². The molecule has 0 aliphatic heterocycles. The molecule has 1 unspecified atom stereocenters. The van der Waals surface area contributed by atoms with Crippen molar-refractivity contribution in [2.75, 3.05) is 12.3 Å². The van der Waals surface area contributed by atoms with E-state index in [9.17, 15) is 8.42 Å². The molecule has 1 aliphatic rings. The molecule has 1 saturated carbocycles. The van der Waals surface area contributed by atoms with Gasteiger partial charge in [-0.2, -0.15) is 0 Å². The SMILES string of the molecule is NS(=O)(=O)CCNC(c1ccccc1)C1CCCCC1. The number of nitrogens with two attached hydrogens (primary N) is 1. The van der Waals surface area contributed by atoms with E-state index < -0.39 is 10.0 Å². The molecular weight excluding hydrogens is 272 g/mol. The summed E-state index contributed by atoms with van der Waals surface area (Å²) in [6.45, 7) is 0.412. The van der Waals surface area contributed by atoms with Crippen LogP contribution in [0.1, 0.15) is 43.7 Å². The van der Waals surface area contributed by atoms with Crippen molar-refractivity contribution in [1.29, 1.82) is 0 Å². The molecule has 1 atom stereocenters. The molecule has 3 N–H and O–H groups in total. The minimum atomic E-state index is -3.40. The molecule has 1 fully saturated rings. The van der Waals surface area contributed by atoms with Gasteiger partial charge in [-0.25, -0.2) is 13.6 Å². The largest absolute Gasteiger partial charge is 0.309 e. The smallest absolute Gasteiger partial charge is 0.210 e. The molecule has 2 rings (SSSR count). The van der Waals surface area contributed by atoms with Crippen LogP contribution in [0, 0.1) is 5.92 Å². The Balaban J connectivity index is 2.03. The highest BCUT2D eigenvalue weighted by molar-refractivity contribution is 7.89. The van der Waals surface area contributed by atoms with Crippen LogP contribution in [0.4, 0.5) is 0 Å². The van der Waals surface area contributed by atoms with Gasteiger partial charge in [0.1, 0.15) is 0 Å². The molecule has 0 spiro atoms. The molecule has 1 aromatic carbocycles. The van der Waals surface area contributed by atoms with Crippen molar-refractivity contribution in [3.8, 4) is 0 Å². The van der Waals surface area contributed by atoms with Gasteiger partial charge in [-0.3, -0.25) is 0 Å². The average molecular weight is 296 g/mol. The van der Waals surface area contributed by atoms with Gasteiger partial charge in [-0.05, 0) is 24.3 Å². The first-order valence-electron chi connectivity index (χ1n) is 7.35. The molecule has 1 aliphatic carbocycles. The lowest BCUT2D eigenvalue weighted by molar-refractivity contribution is 0.274. The van der Waals surface area contributed by atoms with Gasteiger partial charge in [-0.1, -0.05) is 49.6 Å². The topological polar surface area (TPSA) is 72.2 Å². The number of sulfonamides is 1. The van der Waals surface area contributed by atoms with E-state index in [1.54, 1.807) is 0 Å². The van der Waals surface area contributed by atoms with Crippen molar-refractivity contribution in [3.05, 3.63) is 35.9 Å². The van der Waals surface area contributed by atoms with Crippen LogP contribution in [0.3, 0.4) is 0 Å². The van der Waals surface area contributed by atoms with E-state index >= 15 is 0 Å². The standard InChI is InChI=1S/C15H24N2O2S/c16-20(18,19)12-11-17-15(13-7-3-1-4-8-13)14-9-5-2-6-10-14/h1,3-4,7-8,14-15,17H,2,5-6,9-12H2,(H2,16,18,19). The Labute approximate surface area is 121 Å². The highest BCUT2D eigenvalue weighted by Gasteiger charge is 2.24. The predicted molar refractivity (Wildman–Crippen MR) is 81.7 cm³/mol. The van der Waals surface area contributed by atoms with Crippen LogP contribution < -0.4 is 10.5 Å². The molecule has 0 amide bonds. The molecule has 112 valence electrons. The number of hydrogen-bond acceptors (Lipinski definition) is 3. The molecule has 5 heteroatoms. The summed E-state index contributed by atoms with van der Waals surface area (Å²) < 4.78 is 22.1. The molecule has 0 bridgehead atoms. The highest BCUT2D eigenvalue weighted by atomic mass is 32.2. The van der Waals surface area contributed by atoms with E-state index in [0.29, 0.717) is 12.5 Å². The van der Waals surface area contributed by atoms with Gasteiger partial charge >= 0.3 is 0 Å². The van der Waals surface area contributed by atoms with E-state index in [-0.39, 0.29) is 11.8 Å².